The Balaban J connectivity index is 2.80. The average Bonchev–Trinajstić information content (AvgIpc) is 2.56. The first-order valence-corrected chi connectivity index (χ1v) is 5.55. The van der Waals surface area contributed by atoms with Gasteiger partial charge in [0.2, 0.25) is 0 Å². The SMILES string of the molecule is CN(C)C/C=C(/c1cccs1)N(C)C. The van der Waals surface area contributed by atoms with E-state index in [1.54, 1.807) is 11.3 Å². The van der Waals surface area contributed by atoms with E-state index in [1.807, 2.05) is 0 Å². The summed E-state index contributed by atoms with van der Waals surface area (Å²) in [5.74, 6) is 0. The fourth-order valence-electron chi connectivity index (χ4n) is 1.20. The molecule has 1 rings (SSSR count). The summed E-state index contributed by atoms with van der Waals surface area (Å²) in [4.78, 5) is 5.66. The highest BCUT2D eigenvalue weighted by molar-refractivity contribution is 7.11. The van der Waals surface area contributed by atoms with Crippen LogP contribution in [0.1, 0.15) is 4.88 Å². The van der Waals surface area contributed by atoms with Gasteiger partial charge in [0.25, 0.3) is 0 Å². The van der Waals surface area contributed by atoms with E-state index in [0.29, 0.717) is 0 Å². The van der Waals surface area contributed by atoms with Gasteiger partial charge in [-0.2, -0.15) is 0 Å². The van der Waals surface area contributed by atoms with E-state index in [-0.39, 0.29) is 0 Å². The van der Waals surface area contributed by atoms with Crippen LogP contribution in [0.3, 0.4) is 0 Å². The van der Waals surface area contributed by atoms with Crippen molar-refractivity contribution < 1.29 is 0 Å². The standard InChI is InChI=1S/C11H18N2S/c1-12(2)8-7-10(13(3)4)11-6-5-9-14-11/h5-7,9H,8H2,1-4H3/b10-7-. The largest absolute Gasteiger partial charge is 0.377 e. The Morgan fingerprint density at radius 1 is 1.36 bits per heavy atom. The molecular weight excluding hydrogens is 192 g/mol. The molecule has 0 aliphatic rings. The Kier molecular flexibility index (Phi) is 4.17. The third-order valence-corrected chi connectivity index (χ3v) is 2.80. The molecule has 0 aromatic carbocycles. The quantitative estimate of drug-likeness (QED) is 0.752. The van der Waals surface area contributed by atoms with E-state index >= 15 is 0 Å². The van der Waals surface area contributed by atoms with Crippen molar-refractivity contribution in [1.82, 2.24) is 9.80 Å². The molecule has 0 radical (unpaired) electrons. The normalized spacial score (nSPS) is 12.2. The van der Waals surface area contributed by atoms with Gasteiger partial charge >= 0.3 is 0 Å². The molecule has 2 nitrogen and oxygen atoms in total. The molecule has 3 heteroatoms. The highest BCUT2D eigenvalue weighted by Crippen LogP contribution is 2.21. The third-order valence-electron chi connectivity index (χ3n) is 1.91. The van der Waals surface area contributed by atoms with Crippen LogP contribution in [-0.4, -0.2) is 44.5 Å². The second kappa shape index (κ2) is 5.17. The average molecular weight is 210 g/mol. The lowest BCUT2D eigenvalue weighted by atomic mass is 10.3. The number of rotatable bonds is 4. The summed E-state index contributed by atoms with van der Waals surface area (Å²) in [6.45, 7) is 0.978. The minimum Gasteiger partial charge on any atom is -0.377 e. The molecule has 0 fully saturated rings. The zero-order chi connectivity index (χ0) is 10.6. The van der Waals surface area contributed by atoms with Crippen molar-refractivity contribution in [2.75, 3.05) is 34.7 Å². The Morgan fingerprint density at radius 3 is 2.50 bits per heavy atom. The molecule has 0 aliphatic carbocycles. The minimum absolute atomic E-state index is 0.978. The summed E-state index contributed by atoms with van der Waals surface area (Å²) in [6, 6.07) is 4.25. The zero-order valence-electron chi connectivity index (χ0n) is 9.32. The van der Waals surface area contributed by atoms with Crippen LogP contribution < -0.4 is 0 Å². The van der Waals surface area contributed by atoms with E-state index in [2.05, 4.69) is 61.6 Å². The van der Waals surface area contributed by atoms with Crippen LogP contribution in [-0.2, 0) is 0 Å². The number of hydrogen-bond acceptors (Lipinski definition) is 3. The first-order chi connectivity index (χ1) is 6.61. The van der Waals surface area contributed by atoms with Gasteiger partial charge in [0, 0.05) is 20.6 Å². The Morgan fingerprint density at radius 2 is 2.07 bits per heavy atom. The van der Waals surface area contributed by atoms with E-state index in [1.165, 1.54) is 10.6 Å². The van der Waals surface area contributed by atoms with Crippen LogP contribution in [0.5, 0.6) is 0 Å². The van der Waals surface area contributed by atoms with Gasteiger partial charge in [-0.1, -0.05) is 6.07 Å². The molecule has 1 aromatic rings. The Labute approximate surface area is 90.5 Å². The maximum atomic E-state index is 2.26. The second-order valence-electron chi connectivity index (χ2n) is 3.72. The van der Waals surface area contributed by atoms with Crippen molar-refractivity contribution in [3.63, 3.8) is 0 Å². The van der Waals surface area contributed by atoms with Gasteiger partial charge in [0.1, 0.15) is 0 Å². The van der Waals surface area contributed by atoms with Crippen LogP contribution in [0.2, 0.25) is 0 Å². The number of likely N-dealkylation sites (N-methyl/N-ethyl adjacent to an activating group) is 1. The monoisotopic (exact) mass is 210 g/mol. The molecule has 14 heavy (non-hydrogen) atoms. The van der Waals surface area contributed by atoms with E-state index in [9.17, 15) is 0 Å². The number of nitrogens with zero attached hydrogens (tertiary/aromatic N) is 2. The zero-order valence-corrected chi connectivity index (χ0v) is 10.1. The molecule has 0 atom stereocenters. The van der Waals surface area contributed by atoms with Gasteiger partial charge in [0.15, 0.2) is 0 Å². The summed E-state index contributed by atoms with van der Waals surface area (Å²) < 4.78 is 0. The lowest BCUT2D eigenvalue weighted by molar-refractivity contribution is 0.454. The molecule has 0 unspecified atom stereocenters. The van der Waals surface area contributed by atoms with E-state index < -0.39 is 0 Å². The van der Waals surface area contributed by atoms with Gasteiger partial charge in [-0.3, -0.25) is 0 Å². The minimum atomic E-state index is 0.978. The first-order valence-electron chi connectivity index (χ1n) is 4.67. The molecule has 0 N–H and O–H groups in total. The Bertz CT molecular complexity index is 286. The van der Waals surface area contributed by atoms with E-state index in [4.69, 9.17) is 0 Å². The van der Waals surface area contributed by atoms with Crippen molar-refractivity contribution in [2.24, 2.45) is 0 Å². The van der Waals surface area contributed by atoms with Crippen molar-refractivity contribution in [1.29, 1.82) is 0 Å². The fourth-order valence-corrected chi connectivity index (χ4v) is 2.04. The van der Waals surface area contributed by atoms with Gasteiger partial charge in [0.05, 0.1) is 10.6 Å². The predicted molar refractivity (Wildman–Crippen MR) is 64.5 cm³/mol. The first kappa shape index (κ1) is 11.3. The molecule has 0 amide bonds. The second-order valence-corrected chi connectivity index (χ2v) is 4.67. The summed E-state index contributed by atoms with van der Waals surface area (Å²) in [5, 5.41) is 2.11. The van der Waals surface area contributed by atoms with E-state index in [0.717, 1.165) is 6.54 Å². The van der Waals surface area contributed by atoms with Crippen LogP contribution in [0.4, 0.5) is 0 Å². The Hall–Kier alpha value is -0.800. The highest BCUT2D eigenvalue weighted by atomic mass is 32.1. The third kappa shape index (κ3) is 3.16. The maximum absolute atomic E-state index is 2.26. The summed E-state index contributed by atoms with van der Waals surface area (Å²) in [7, 11) is 8.33. The van der Waals surface area contributed by atoms with Crippen molar-refractivity contribution in [3.05, 3.63) is 28.5 Å². The van der Waals surface area contributed by atoms with Crippen LogP contribution >= 0.6 is 11.3 Å². The predicted octanol–water partition coefficient (Wildman–Crippen LogP) is 2.21. The molecule has 0 spiro atoms. The van der Waals surface area contributed by atoms with Crippen LogP contribution in [0.25, 0.3) is 5.70 Å². The van der Waals surface area contributed by atoms with Crippen molar-refractivity contribution in [2.45, 2.75) is 0 Å². The van der Waals surface area contributed by atoms with Gasteiger partial charge in [-0.15, -0.1) is 11.3 Å². The summed E-state index contributed by atoms with van der Waals surface area (Å²) in [5.41, 5.74) is 1.30. The molecule has 78 valence electrons. The summed E-state index contributed by atoms with van der Waals surface area (Å²) >= 11 is 1.78. The molecule has 1 aromatic heterocycles. The van der Waals surface area contributed by atoms with Crippen LogP contribution in [0.15, 0.2) is 23.6 Å². The molecular formula is C11H18N2S. The molecule has 0 aliphatic heterocycles. The molecule has 0 saturated heterocycles. The van der Waals surface area contributed by atoms with Gasteiger partial charge in [-0.25, -0.2) is 0 Å². The lowest BCUT2D eigenvalue weighted by Crippen LogP contribution is -2.15. The highest BCUT2D eigenvalue weighted by Gasteiger charge is 2.04. The van der Waals surface area contributed by atoms with Crippen molar-refractivity contribution >= 4 is 17.0 Å². The number of hydrogen-bond donors (Lipinski definition) is 0. The van der Waals surface area contributed by atoms with Crippen molar-refractivity contribution in [3.8, 4) is 0 Å². The van der Waals surface area contributed by atoms with Gasteiger partial charge < -0.3 is 9.80 Å². The lowest BCUT2D eigenvalue weighted by Gasteiger charge is -2.17. The smallest absolute Gasteiger partial charge is 0.0508 e. The fraction of sp³-hybridized carbons (Fsp3) is 0.455. The van der Waals surface area contributed by atoms with Crippen LogP contribution in [0, 0.1) is 0 Å². The molecule has 0 saturated carbocycles. The maximum Gasteiger partial charge on any atom is 0.0508 e. The van der Waals surface area contributed by atoms with Gasteiger partial charge in [-0.05, 0) is 31.6 Å². The molecule has 0 bridgehead atoms. The topological polar surface area (TPSA) is 6.48 Å². The molecule has 1 heterocycles. The number of thiophene rings is 1. The summed E-state index contributed by atoms with van der Waals surface area (Å²) in [6.07, 6.45) is 2.26.